The van der Waals surface area contributed by atoms with Gasteiger partial charge < -0.3 is 24.4 Å². The van der Waals surface area contributed by atoms with Crippen LogP contribution in [0.4, 0.5) is 0 Å². The molecule has 6 nitrogen and oxygen atoms in total. The van der Waals surface area contributed by atoms with Gasteiger partial charge in [-0.15, -0.1) is 0 Å². The largest absolute Gasteiger partial charge is 0.493 e. The number of rotatable bonds is 9. The standard InChI is InChI=1S/C27H30N2O4/c1-30-24-15-21-9-10-29(18-22(21)16-25(24)31-2)11-12-33-27-23(20-7-5-4-6-8-20)13-19(17-28)14-26(27)32-3/h4-8,13-17,28H,9-12,18H2,1-3H3. The smallest absolute Gasteiger partial charge is 0.169 e. The van der Waals surface area contributed by atoms with Crippen LogP contribution in [0.15, 0.2) is 54.6 Å². The van der Waals surface area contributed by atoms with E-state index in [1.54, 1.807) is 21.3 Å². The van der Waals surface area contributed by atoms with E-state index in [2.05, 4.69) is 17.0 Å². The second-order valence-corrected chi connectivity index (χ2v) is 7.96. The summed E-state index contributed by atoms with van der Waals surface area (Å²) in [6.45, 7) is 3.12. The molecular formula is C27H30N2O4. The summed E-state index contributed by atoms with van der Waals surface area (Å²) in [5, 5.41) is 7.69. The van der Waals surface area contributed by atoms with E-state index in [4.69, 9.17) is 24.4 Å². The number of nitrogens with one attached hydrogen (secondary N) is 1. The second kappa shape index (κ2) is 10.4. The van der Waals surface area contributed by atoms with Crippen molar-refractivity contribution in [3.05, 3.63) is 71.3 Å². The van der Waals surface area contributed by atoms with Crippen molar-refractivity contribution in [1.82, 2.24) is 4.90 Å². The Morgan fingerprint density at radius 2 is 1.58 bits per heavy atom. The third kappa shape index (κ3) is 4.96. The van der Waals surface area contributed by atoms with E-state index < -0.39 is 0 Å². The molecule has 6 heteroatoms. The van der Waals surface area contributed by atoms with Gasteiger partial charge in [0.05, 0.1) is 21.3 Å². The third-order valence-corrected chi connectivity index (χ3v) is 6.00. The number of ether oxygens (including phenoxy) is 4. The monoisotopic (exact) mass is 446 g/mol. The molecule has 0 atom stereocenters. The molecule has 0 saturated heterocycles. The molecule has 0 aromatic heterocycles. The highest BCUT2D eigenvalue weighted by molar-refractivity contribution is 5.85. The molecule has 1 aliphatic rings. The molecule has 1 N–H and O–H groups in total. The summed E-state index contributed by atoms with van der Waals surface area (Å²) >= 11 is 0. The predicted molar refractivity (Wildman–Crippen MR) is 130 cm³/mol. The number of methoxy groups -OCH3 is 3. The molecular weight excluding hydrogens is 416 g/mol. The molecule has 1 aliphatic heterocycles. The highest BCUT2D eigenvalue weighted by Crippen LogP contribution is 2.39. The summed E-state index contributed by atoms with van der Waals surface area (Å²) in [6.07, 6.45) is 2.29. The van der Waals surface area contributed by atoms with Gasteiger partial charge in [-0.25, -0.2) is 0 Å². The van der Waals surface area contributed by atoms with Crippen LogP contribution in [0.1, 0.15) is 16.7 Å². The first-order chi connectivity index (χ1) is 16.2. The second-order valence-electron chi connectivity index (χ2n) is 7.96. The Bertz CT molecular complexity index is 1110. The Morgan fingerprint density at radius 3 is 2.24 bits per heavy atom. The normalized spacial score (nSPS) is 13.2. The first kappa shape index (κ1) is 22.7. The summed E-state index contributed by atoms with van der Waals surface area (Å²) in [6, 6.07) is 18.0. The van der Waals surface area contributed by atoms with Gasteiger partial charge >= 0.3 is 0 Å². The number of nitrogens with zero attached hydrogens (tertiary/aromatic N) is 1. The fourth-order valence-corrected chi connectivity index (χ4v) is 4.25. The van der Waals surface area contributed by atoms with Gasteiger partial charge in [0.1, 0.15) is 6.61 Å². The Balaban J connectivity index is 1.50. The molecule has 0 radical (unpaired) electrons. The maximum Gasteiger partial charge on any atom is 0.169 e. The number of hydrogen-bond donors (Lipinski definition) is 1. The minimum atomic E-state index is 0.531. The van der Waals surface area contributed by atoms with Crippen LogP contribution >= 0.6 is 0 Å². The lowest BCUT2D eigenvalue weighted by Gasteiger charge is -2.29. The zero-order chi connectivity index (χ0) is 23.2. The van der Waals surface area contributed by atoms with Crippen LogP contribution in [0.5, 0.6) is 23.0 Å². The first-order valence-electron chi connectivity index (χ1n) is 11.0. The zero-order valence-electron chi connectivity index (χ0n) is 19.4. The molecule has 4 rings (SSSR count). The first-order valence-corrected chi connectivity index (χ1v) is 11.0. The number of hydrogen-bond acceptors (Lipinski definition) is 6. The molecule has 0 saturated carbocycles. The summed E-state index contributed by atoms with van der Waals surface area (Å²) in [4.78, 5) is 2.38. The SMILES string of the molecule is COc1cc2c(cc1OC)CN(CCOc1c(OC)cc(C=N)cc1-c1ccccc1)CC2. The quantitative estimate of drug-likeness (QED) is 0.478. The van der Waals surface area contributed by atoms with Gasteiger partial charge in [-0.2, -0.15) is 0 Å². The van der Waals surface area contributed by atoms with E-state index in [0.29, 0.717) is 18.1 Å². The van der Waals surface area contributed by atoms with Crippen LogP contribution in [-0.4, -0.2) is 52.1 Å². The van der Waals surface area contributed by atoms with Crippen LogP contribution < -0.4 is 18.9 Å². The molecule has 172 valence electrons. The average Bonchev–Trinajstić information content (AvgIpc) is 2.88. The molecule has 3 aromatic carbocycles. The van der Waals surface area contributed by atoms with Crippen molar-refractivity contribution in [3.8, 4) is 34.1 Å². The zero-order valence-corrected chi connectivity index (χ0v) is 19.4. The lowest BCUT2D eigenvalue weighted by Crippen LogP contribution is -2.34. The minimum absolute atomic E-state index is 0.531. The van der Waals surface area contributed by atoms with Gasteiger partial charge in [0.2, 0.25) is 0 Å². The van der Waals surface area contributed by atoms with Crippen LogP contribution in [0.2, 0.25) is 0 Å². The molecule has 3 aromatic rings. The van der Waals surface area contributed by atoms with Crippen molar-refractivity contribution in [2.45, 2.75) is 13.0 Å². The van der Waals surface area contributed by atoms with Gasteiger partial charge in [-0.3, -0.25) is 4.90 Å². The maximum absolute atomic E-state index is 7.69. The van der Waals surface area contributed by atoms with Gasteiger partial charge in [0.25, 0.3) is 0 Å². The van der Waals surface area contributed by atoms with Gasteiger partial charge in [-0.1, -0.05) is 30.3 Å². The van der Waals surface area contributed by atoms with Crippen molar-refractivity contribution in [1.29, 1.82) is 5.41 Å². The van der Waals surface area contributed by atoms with Gasteiger partial charge in [0.15, 0.2) is 23.0 Å². The van der Waals surface area contributed by atoms with E-state index in [1.165, 1.54) is 17.3 Å². The van der Waals surface area contributed by atoms with Gasteiger partial charge in [-0.05, 0) is 52.9 Å². The highest BCUT2D eigenvalue weighted by atomic mass is 16.5. The summed E-state index contributed by atoms with van der Waals surface area (Å²) in [5.74, 6) is 2.88. The molecule has 33 heavy (non-hydrogen) atoms. The molecule has 0 bridgehead atoms. The Hall–Kier alpha value is -3.51. The Kier molecular flexibility index (Phi) is 7.15. The van der Waals surface area contributed by atoms with Crippen LogP contribution in [-0.2, 0) is 13.0 Å². The molecule has 0 amide bonds. The number of benzene rings is 3. The van der Waals surface area contributed by atoms with E-state index in [-0.39, 0.29) is 0 Å². The predicted octanol–water partition coefficient (Wildman–Crippen LogP) is 4.81. The third-order valence-electron chi connectivity index (χ3n) is 6.00. The summed E-state index contributed by atoms with van der Waals surface area (Å²) in [7, 11) is 4.97. The molecule has 0 aliphatic carbocycles. The van der Waals surface area contributed by atoms with E-state index >= 15 is 0 Å². The average molecular weight is 447 g/mol. The topological polar surface area (TPSA) is 64.0 Å². The summed E-state index contributed by atoms with van der Waals surface area (Å²) in [5.41, 5.74) is 5.30. The van der Waals surface area contributed by atoms with Crippen molar-refractivity contribution in [2.24, 2.45) is 0 Å². The van der Waals surface area contributed by atoms with Crippen LogP contribution in [0.3, 0.4) is 0 Å². The molecule has 0 unspecified atom stereocenters. The van der Waals surface area contributed by atoms with Crippen molar-refractivity contribution in [3.63, 3.8) is 0 Å². The fraction of sp³-hybridized carbons (Fsp3) is 0.296. The minimum Gasteiger partial charge on any atom is -0.493 e. The van der Waals surface area contributed by atoms with E-state index in [1.807, 2.05) is 42.5 Å². The van der Waals surface area contributed by atoms with Crippen molar-refractivity contribution in [2.75, 3.05) is 41.0 Å². The maximum atomic E-state index is 7.69. The highest BCUT2D eigenvalue weighted by Gasteiger charge is 2.20. The van der Waals surface area contributed by atoms with E-state index in [9.17, 15) is 0 Å². The molecule has 0 fully saturated rings. The van der Waals surface area contributed by atoms with E-state index in [0.717, 1.165) is 54.2 Å². The Morgan fingerprint density at radius 1 is 0.879 bits per heavy atom. The lowest BCUT2D eigenvalue weighted by molar-refractivity contribution is 0.192. The number of fused-ring (bicyclic) bond motifs is 1. The summed E-state index contributed by atoms with van der Waals surface area (Å²) < 4.78 is 22.8. The van der Waals surface area contributed by atoms with Crippen LogP contribution in [0.25, 0.3) is 11.1 Å². The molecule has 0 spiro atoms. The Labute approximate surface area is 195 Å². The van der Waals surface area contributed by atoms with Crippen LogP contribution in [0, 0.1) is 5.41 Å². The van der Waals surface area contributed by atoms with Crippen molar-refractivity contribution < 1.29 is 18.9 Å². The fourth-order valence-electron chi connectivity index (χ4n) is 4.25. The van der Waals surface area contributed by atoms with Gasteiger partial charge in [0, 0.05) is 31.4 Å². The van der Waals surface area contributed by atoms with Crippen molar-refractivity contribution >= 4 is 6.21 Å². The molecule has 1 heterocycles. The lowest BCUT2D eigenvalue weighted by atomic mass is 9.99.